The van der Waals surface area contributed by atoms with E-state index in [1.165, 1.54) is 27.4 Å². The third kappa shape index (κ3) is 4.08. The Morgan fingerprint density at radius 2 is 1.96 bits per heavy atom. The molecule has 0 unspecified atom stereocenters. The largest absolute Gasteiger partial charge is 0.348 e. The molecule has 1 saturated carbocycles. The lowest BCUT2D eigenvalue weighted by Gasteiger charge is -2.32. The third-order valence-electron chi connectivity index (χ3n) is 6.05. The number of hydrogen-bond donors (Lipinski definition) is 3. The quantitative estimate of drug-likeness (QED) is 0.692. The van der Waals surface area contributed by atoms with Gasteiger partial charge in [-0.1, -0.05) is 25.0 Å². The van der Waals surface area contributed by atoms with Gasteiger partial charge in [0.05, 0.1) is 10.2 Å². The minimum atomic E-state index is 0.0691. The highest BCUT2D eigenvalue weighted by molar-refractivity contribution is 7.18. The van der Waals surface area contributed by atoms with Crippen molar-refractivity contribution in [1.29, 1.82) is 0 Å². The molecule has 0 spiro atoms. The Morgan fingerprint density at radius 3 is 2.69 bits per heavy atom. The Kier molecular flexibility index (Phi) is 5.52. The Morgan fingerprint density at radius 1 is 1.23 bits per heavy atom. The van der Waals surface area contributed by atoms with Crippen LogP contribution < -0.4 is 15.1 Å². The van der Waals surface area contributed by atoms with Crippen LogP contribution in [0.4, 0.5) is 0 Å². The van der Waals surface area contributed by atoms with Gasteiger partial charge in [0.2, 0.25) is 0 Å². The summed E-state index contributed by atoms with van der Waals surface area (Å²) in [6, 6.07) is 8.88. The molecule has 4 rings (SSSR count). The molecular weight excluding hydrogens is 344 g/mol. The van der Waals surface area contributed by atoms with Crippen LogP contribution in [0.3, 0.4) is 0 Å². The molecule has 3 N–H and O–H groups in total. The first-order valence-corrected chi connectivity index (χ1v) is 10.8. The smallest absolute Gasteiger partial charge is 0.278 e. The summed E-state index contributed by atoms with van der Waals surface area (Å²) in [7, 11) is 0. The first kappa shape index (κ1) is 17.9. The van der Waals surface area contributed by atoms with Gasteiger partial charge in [-0.15, -0.1) is 11.3 Å². The molecule has 2 aromatic rings. The van der Waals surface area contributed by atoms with Crippen molar-refractivity contribution >= 4 is 27.5 Å². The number of aromatic nitrogens is 1. The first-order chi connectivity index (χ1) is 12.7. The maximum Gasteiger partial charge on any atom is 0.278 e. The van der Waals surface area contributed by atoms with Crippen LogP contribution in [0.2, 0.25) is 0 Å². The summed E-state index contributed by atoms with van der Waals surface area (Å²) < 4.78 is 1.28. The Bertz CT molecular complexity index is 714. The van der Waals surface area contributed by atoms with Crippen LogP contribution in [0.15, 0.2) is 24.3 Å². The van der Waals surface area contributed by atoms with E-state index in [9.17, 15) is 4.79 Å². The van der Waals surface area contributed by atoms with Gasteiger partial charge in [-0.2, -0.15) is 0 Å². The van der Waals surface area contributed by atoms with Crippen LogP contribution in [0.1, 0.15) is 37.6 Å². The SMILES string of the molecule is C[C@@H](C(=O)NC1CCCC1)[NH+]1CC[NH+](Cc2nc3ccccc3s2)CC1. The van der Waals surface area contributed by atoms with Crippen molar-refractivity contribution in [2.24, 2.45) is 0 Å². The average molecular weight is 375 g/mol. The van der Waals surface area contributed by atoms with E-state index >= 15 is 0 Å². The number of carbonyl (C=O) groups is 1. The molecule has 1 atom stereocenters. The number of carbonyl (C=O) groups excluding carboxylic acids is 1. The van der Waals surface area contributed by atoms with Gasteiger partial charge in [-0.25, -0.2) is 4.98 Å². The monoisotopic (exact) mass is 374 g/mol. The first-order valence-electron chi connectivity index (χ1n) is 10.0. The van der Waals surface area contributed by atoms with Crippen LogP contribution in [0.5, 0.6) is 0 Å². The number of hydrogen-bond acceptors (Lipinski definition) is 3. The number of nitrogens with one attached hydrogen (secondary N) is 3. The van der Waals surface area contributed by atoms with Crippen LogP contribution in [0, 0.1) is 0 Å². The summed E-state index contributed by atoms with van der Waals surface area (Å²) >= 11 is 1.82. The molecule has 1 aliphatic heterocycles. The van der Waals surface area contributed by atoms with E-state index in [4.69, 9.17) is 4.98 Å². The molecule has 0 radical (unpaired) electrons. The van der Waals surface area contributed by atoms with E-state index in [1.54, 1.807) is 4.90 Å². The topological polar surface area (TPSA) is 50.9 Å². The lowest BCUT2D eigenvalue weighted by atomic mass is 10.2. The average Bonchev–Trinajstić information content (AvgIpc) is 3.30. The van der Waals surface area contributed by atoms with E-state index in [0.29, 0.717) is 6.04 Å². The lowest BCUT2D eigenvalue weighted by molar-refractivity contribution is -1.02. The second kappa shape index (κ2) is 8.03. The summed E-state index contributed by atoms with van der Waals surface area (Å²) in [5, 5.41) is 4.50. The van der Waals surface area contributed by atoms with Crippen molar-refractivity contribution < 1.29 is 14.6 Å². The molecule has 6 heteroatoms. The molecule has 1 amide bonds. The normalized spacial score (nSPS) is 25.4. The molecule has 1 aromatic heterocycles. The summed E-state index contributed by atoms with van der Waals surface area (Å²) in [6.07, 6.45) is 4.85. The fraction of sp³-hybridized carbons (Fsp3) is 0.600. The van der Waals surface area contributed by atoms with E-state index in [0.717, 1.165) is 51.1 Å². The lowest BCUT2D eigenvalue weighted by Crippen LogP contribution is -3.29. The highest BCUT2D eigenvalue weighted by Crippen LogP contribution is 2.20. The highest BCUT2D eigenvalue weighted by atomic mass is 32.1. The fourth-order valence-electron chi connectivity index (χ4n) is 4.33. The zero-order chi connectivity index (χ0) is 17.9. The van der Waals surface area contributed by atoms with Gasteiger partial charge < -0.3 is 15.1 Å². The van der Waals surface area contributed by atoms with Crippen molar-refractivity contribution in [3.05, 3.63) is 29.3 Å². The number of quaternary nitrogens is 2. The van der Waals surface area contributed by atoms with Gasteiger partial charge in [0.15, 0.2) is 6.04 Å². The van der Waals surface area contributed by atoms with Gasteiger partial charge >= 0.3 is 0 Å². The number of benzene rings is 1. The molecule has 140 valence electrons. The van der Waals surface area contributed by atoms with Crippen LogP contribution in [-0.4, -0.2) is 49.2 Å². The maximum atomic E-state index is 12.5. The van der Waals surface area contributed by atoms with Crippen molar-refractivity contribution in [3.8, 4) is 0 Å². The minimum absolute atomic E-state index is 0.0691. The second-order valence-corrected chi connectivity index (χ2v) is 8.99. The van der Waals surface area contributed by atoms with Gasteiger partial charge in [0.1, 0.15) is 37.7 Å². The number of rotatable bonds is 5. The third-order valence-corrected chi connectivity index (χ3v) is 7.08. The summed E-state index contributed by atoms with van der Waals surface area (Å²) in [5.74, 6) is 0.251. The number of fused-ring (bicyclic) bond motifs is 1. The molecule has 1 aromatic carbocycles. The Labute approximate surface area is 159 Å². The molecule has 2 aliphatic rings. The molecule has 2 fully saturated rings. The van der Waals surface area contributed by atoms with Crippen molar-refractivity contribution in [2.45, 2.75) is 51.2 Å². The van der Waals surface area contributed by atoms with Gasteiger partial charge in [-0.3, -0.25) is 4.79 Å². The minimum Gasteiger partial charge on any atom is -0.348 e. The van der Waals surface area contributed by atoms with E-state index in [-0.39, 0.29) is 11.9 Å². The molecule has 2 heterocycles. The highest BCUT2D eigenvalue weighted by Gasteiger charge is 2.32. The Balaban J connectivity index is 1.27. The van der Waals surface area contributed by atoms with Gasteiger partial charge in [-0.05, 0) is 31.9 Å². The van der Waals surface area contributed by atoms with Crippen LogP contribution >= 0.6 is 11.3 Å². The summed E-state index contributed by atoms with van der Waals surface area (Å²) in [4.78, 5) is 20.3. The van der Waals surface area contributed by atoms with E-state index in [1.807, 2.05) is 11.3 Å². The number of piperazine rings is 1. The van der Waals surface area contributed by atoms with Gasteiger partial charge in [0, 0.05) is 6.04 Å². The standard InChI is InChI=1S/C20H28N4OS/c1-15(20(25)21-16-6-2-3-7-16)24-12-10-23(11-13-24)14-19-22-17-8-4-5-9-18(17)26-19/h4-5,8-9,15-16H,2-3,6-7,10-14H2,1H3,(H,21,25)/p+2/t15-/m0/s1. The molecule has 1 saturated heterocycles. The molecule has 26 heavy (non-hydrogen) atoms. The van der Waals surface area contributed by atoms with Crippen molar-refractivity contribution in [3.63, 3.8) is 0 Å². The zero-order valence-corrected chi connectivity index (χ0v) is 16.4. The predicted molar refractivity (Wildman–Crippen MR) is 105 cm³/mol. The molecule has 1 aliphatic carbocycles. The number of amides is 1. The molecular formula is C20H30N4OS+2. The molecule has 0 bridgehead atoms. The van der Waals surface area contributed by atoms with Gasteiger partial charge in [0.25, 0.3) is 5.91 Å². The summed E-state index contributed by atoms with van der Waals surface area (Å²) in [5.41, 5.74) is 1.12. The van der Waals surface area contributed by atoms with Crippen LogP contribution in [0.25, 0.3) is 10.2 Å². The fourth-order valence-corrected chi connectivity index (χ4v) is 5.36. The number of para-hydroxylation sites is 1. The Hall–Kier alpha value is -1.50. The van der Waals surface area contributed by atoms with E-state index < -0.39 is 0 Å². The number of thiazole rings is 1. The van der Waals surface area contributed by atoms with Crippen LogP contribution in [-0.2, 0) is 11.3 Å². The molecule has 5 nitrogen and oxygen atoms in total. The maximum absolute atomic E-state index is 12.5. The van der Waals surface area contributed by atoms with E-state index in [2.05, 4.69) is 36.5 Å². The van der Waals surface area contributed by atoms with Crippen molar-refractivity contribution in [1.82, 2.24) is 10.3 Å². The second-order valence-electron chi connectivity index (χ2n) is 7.87. The zero-order valence-electron chi connectivity index (χ0n) is 15.6. The predicted octanol–water partition coefficient (Wildman–Crippen LogP) is 0.0270. The number of nitrogens with zero attached hydrogens (tertiary/aromatic N) is 1. The summed E-state index contributed by atoms with van der Waals surface area (Å²) in [6.45, 7) is 7.48. The van der Waals surface area contributed by atoms with Crippen molar-refractivity contribution in [2.75, 3.05) is 26.2 Å².